The summed E-state index contributed by atoms with van der Waals surface area (Å²) in [5.41, 5.74) is 2.79. The van der Waals surface area contributed by atoms with E-state index in [1.165, 1.54) is 11.1 Å². The van der Waals surface area contributed by atoms with Crippen LogP contribution in [0.2, 0.25) is 0 Å². The Kier molecular flexibility index (Phi) is 1.83. The van der Waals surface area contributed by atoms with Gasteiger partial charge in [-0.05, 0) is 18.1 Å². The molecule has 0 heterocycles. The Labute approximate surface area is 73.2 Å². The molecule has 0 aliphatic heterocycles. The summed E-state index contributed by atoms with van der Waals surface area (Å²) in [6.45, 7) is 2.06. The average Bonchev–Trinajstić information content (AvgIpc) is 2.50. The van der Waals surface area contributed by atoms with Gasteiger partial charge in [0, 0.05) is 5.92 Å². The van der Waals surface area contributed by atoms with Crippen LogP contribution in [0, 0.1) is 0 Å². The van der Waals surface area contributed by atoms with Crippen molar-refractivity contribution in [2.45, 2.75) is 12.8 Å². The zero-order chi connectivity index (χ0) is 8.39. The largest absolute Gasteiger partial charge is 0.0907 e. The molecular formula is C12H12. The molecule has 12 heavy (non-hydrogen) atoms. The van der Waals surface area contributed by atoms with Gasteiger partial charge in [0.05, 0.1) is 0 Å². The van der Waals surface area contributed by atoms with Gasteiger partial charge in [-0.1, -0.05) is 48.6 Å². The highest BCUT2D eigenvalue weighted by Gasteiger charge is 2.12. The molecule has 0 saturated carbocycles. The Morgan fingerprint density at radius 3 is 2.92 bits per heavy atom. The molecule has 1 aromatic carbocycles. The van der Waals surface area contributed by atoms with E-state index < -0.39 is 0 Å². The van der Waals surface area contributed by atoms with Gasteiger partial charge in [0.15, 0.2) is 0 Å². The van der Waals surface area contributed by atoms with Gasteiger partial charge in [0.1, 0.15) is 0 Å². The quantitative estimate of drug-likeness (QED) is 0.547. The number of rotatable bonds is 1. The Morgan fingerprint density at radius 1 is 1.25 bits per heavy atom. The normalized spacial score (nSPS) is 20.2. The van der Waals surface area contributed by atoms with Gasteiger partial charge < -0.3 is 0 Å². The lowest BCUT2D eigenvalue weighted by atomic mass is 10.0. The van der Waals surface area contributed by atoms with Crippen molar-refractivity contribution >= 4 is 6.08 Å². The van der Waals surface area contributed by atoms with Crippen LogP contribution < -0.4 is 0 Å². The number of hydrogen-bond donors (Lipinski definition) is 0. The lowest BCUT2D eigenvalue weighted by Crippen LogP contribution is -1.87. The molecule has 1 unspecified atom stereocenters. The molecule has 0 nitrogen and oxygen atoms in total. The Balaban J connectivity index is 2.42. The Morgan fingerprint density at radius 2 is 2.08 bits per heavy atom. The van der Waals surface area contributed by atoms with Crippen LogP contribution in [-0.2, 0) is 0 Å². The van der Waals surface area contributed by atoms with Gasteiger partial charge in [-0.2, -0.15) is 0 Å². The summed E-state index contributed by atoms with van der Waals surface area (Å²) in [7, 11) is 0. The molecule has 60 valence electrons. The molecule has 2 rings (SSSR count). The summed E-state index contributed by atoms with van der Waals surface area (Å²) >= 11 is 0. The molecule has 1 aromatic rings. The molecule has 1 atom stereocenters. The van der Waals surface area contributed by atoms with Gasteiger partial charge in [0.2, 0.25) is 0 Å². The van der Waals surface area contributed by atoms with Crippen molar-refractivity contribution in [2.24, 2.45) is 0 Å². The predicted octanol–water partition coefficient (Wildman–Crippen LogP) is 3.37. The summed E-state index contributed by atoms with van der Waals surface area (Å²) in [6.07, 6.45) is 8.77. The van der Waals surface area contributed by atoms with E-state index in [2.05, 4.69) is 55.5 Å². The van der Waals surface area contributed by atoms with Gasteiger partial charge in [-0.25, -0.2) is 0 Å². The standard InChI is InChI=1S/C12H12/c1-2-5-10-8-9-11-6-3-4-7-12(10)11/h2-10H,1H3/b5-2-. The van der Waals surface area contributed by atoms with Crippen LogP contribution in [0.5, 0.6) is 0 Å². The SMILES string of the molecule is C/C=C\C1C=Cc2ccccc21. The first-order chi connectivity index (χ1) is 5.92. The fourth-order valence-electron chi connectivity index (χ4n) is 1.65. The lowest BCUT2D eigenvalue weighted by Gasteiger charge is -2.03. The van der Waals surface area contributed by atoms with Crippen LogP contribution in [-0.4, -0.2) is 0 Å². The zero-order valence-electron chi connectivity index (χ0n) is 7.20. The minimum absolute atomic E-state index is 0.506. The minimum atomic E-state index is 0.506. The van der Waals surface area contributed by atoms with Gasteiger partial charge in [0.25, 0.3) is 0 Å². The first kappa shape index (κ1) is 7.35. The van der Waals surface area contributed by atoms with Crippen molar-refractivity contribution in [3.63, 3.8) is 0 Å². The van der Waals surface area contributed by atoms with Crippen LogP contribution in [0.3, 0.4) is 0 Å². The molecule has 0 N–H and O–H groups in total. The lowest BCUT2D eigenvalue weighted by molar-refractivity contribution is 1.11. The maximum atomic E-state index is 2.24. The molecule has 0 amide bonds. The highest BCUT2D eigenvalue weighted by molar-refractivity contribution is 5.63. The second-order valence-corrected chi connectivity index (χ2v) is 3.04. The molecule has 0 spiro atoms. The highest BCUT2D eigenvalue weighted by Crippen LogP contribution is 2.30. The van der Waals surface area contributed by atoms with E-state index in [4.69, 9.17) is 0 Å². The van der Waals surface area contributed by atoms with Crippen molar-refractivity contribution < 1.29 is 0 Å². The molecule has 1 aliphatic rings. The van der Waals surface area contributed by atoms with E-state index in [0.29, 0.717) is 5.92 Å². The summed E-state index contributed by atoms with van der Waals surface area (Å²) in [5, 5.41) is 0. The third-order valence-corrected chi connectivity index (χ3v) is 2.24. The van der Waals surface area contributed by atoms with E-state index in [0.717, 1.165) is 0 Å². The van der Waals surface area contributed by atoms with Crippen molar-refractivity contribution in [3.05, 3.63) is 53.6 Å². The fraction of sp³-hybridized carbons (Fsp3) is 0.167. The smallest absolute Gasteiger partial charge is 0.0207 e. The van der Waals surface area contributed by atoms with E-state index in [1.807, 2.05) is 0 Å². The van der Waals surface area contributed by atoms with Crippen LogP contribution >= 0.6 is 0 Å². The first-order valence-electron chi connectivity index (χ1n) is 4.32. The molecule has 1 aliphatic carbocycles. The molecule has 0 bridgehead atoms. The predicted molar refractivity (Wildman–Crippen MR) is 53.0 cm³/mol. The zero-order valence-corrected chi connectivity index (χ0v) is 7.20. The molecule has 0 saturated heterocycles. The summed E-state index contributed by atoms with van der Waals surface area (Å²) in [5.74, 6) is 0.506. The molecule has 0 radical (unpaired) electrons. The topological polar surface area (TPSA) is 0 Å². The van der Waals surface area contributed by atoms with Crippen molar-refractivity contribution in [3.8, 4) is 0 Å². The maximum absolute atomic E-state index is 2.24. The second kappa shape index (κ2) is 2.98. The molecule has 0 fully saturated rings. The molecule has 0 heteroatoms. The monoisotopic (exact) mass is 156 g/mol. The maximum Gasteiger partial charge on any atom is 0.0207 e. The van der Waals surface area contributed by atoms with Gasteiger partial charge >= 0.3 is 0 Å². The minimum Gasteiger partial charge on any atom is -0.0907 e. The van der Waals surface area contributed by atoms with E-state index in [1.54, 1.807) is 0 Å². The van der Waals surface area contributed by atoms with Crippen molar-refractivity contribution in [1.82, 2.24) is 0 Å². The number of fused-ring (bicyclic) bond motifs is 1. The van der Waals surface area contributed by atoms with Gasteiger partial charge in [-0.15, -0.1) is 0 Å². The third kappa shape index (κ3) is 1.10. The van der Waals surface area contributed by atoms with Crippen LogP contribution in [0.4, 0.5) is 0 Å². The highest BCUT2D eigenvalue weighted by atomic mass is 14.2. The van der Waals surface area contributed by atoms with Gasteiger partial charge in [-0.3, -0.25) is 0 Å². The Hall–Kier alpha value is -1.30. The van der Waals surface area contributed by atoms with Crippen LogP contribution in [0.1, 0.15) is 24.0 Å². The van der Waals surface area contributed by atoms with E-state index in [9.17, 15) is 0 Å². The summed E-state index contributed by atoms with van der Waals surface area (Å²) < 4.78 is 0. The van der Waals surface area contributed by atoms with Crippen LogP contribution in [0.15, 0.2) is 42.5 Å². The average molecular weight is 156 g/mol. The second-order valence-electron chi connectivity index (χ2n) is 3.04. The summed E-state index contributed by atoms with van der Waals surface area (Å²) in [6, 6.07) is 8.54. The van der Waals surface area contributed by atoms with Crippen molar-refractivity contribution in [1.29, 1.82) is 0 Å². The summed E-state index contributed by atoms with van der Waals surface area (Å²) in [4.78, 5) is 0. The number of hydrogen-bond acceptors (Lipinski definition) is 0. The Bertz CT molecular complexity index is 332. The van der Waals surface area contributed by atoms with E-state index in [-0.39, 0.29) is 0 Å². The van der Waals surface area contributed by atoms with Crippen molar-refractivity contribution in [2.75, 3.05) is 0 Å². The number of benzene rings is 1. The fourth-order valence-corrected chi connectivity index (χ4v) is 1.65. The molecule has 0 aromatic heterocycles. The first-order valence-corrected chi connectivity index (χ1v) is 4.32. The van der Waals surface area contributed by atoms with Crippen LogP contribution in [0.25, 0.3) is 6.08 Å². The molecular weight excluding hydrogens is 144 g/mol. The van der Waals surface area contributed by atoms with E-state index >= 15 is 0 Å². The third-order valence-electron chi connectivity index (χ3n) is 2.24. The number of allylic oxidation sites excluding steroid dienone is 3.